The average Bonchev–Trinajstić information content (AvgIpc) is 3.35. The summed E-state index contributed by atoms with van der Waals surface area (Å²) in [7, 11) is 0. The highest BCUT2D eigenvalue weighted by atomic mass is 79.9. The van der Waals surface area contributed by atoms with Gasteiger partial charge in [0.05, 0.1) is 17.0 Å². The van der Waals surface area contributed by atoms with Crippen molar-refractivity contribution in [1.29, 1.82) is 5.26 Å². The molecule has 1 aliphatic rings. The van der Waals surface area contributed by atoms with Gasteiger partial charge in [0, 0.05) is 5.56 Å². The molecule has 0 N–H and O–H groups in total. The first-order chi connectivity index (χ1) is 15.8. The molecule has 0 bridgehead atoms. The molecular formula is C26H26BrNO5. The number of esters is 2. The summed E-state index contributed by atoms with van der Waals surface area (Å²) in [6.07, 6.45) is 1.35. The summed E-state index contributed by atoms with van der Waals surface area (Å²) in [6.45, 7) is 6.09. The van der Waals surface area contributed by atoms with Crippen LogP contribution >= 0.6 is 15.9 Å². The summed E-state index contributed by atoms with van der Waals surface area (Å²) >= 11 is 3.25. The Bertz CT molecular complexity index is 1070. The number of hydrogen-bond donors (Lipinski definition) is 0. The monoisotopic (exact) mass is 511 g/mol. The number of nitrogens with zero attached hydrogens (tertiary/aromatic N) is 1. The molecule has 7 heteroatoms. The van der Waals surface area contributed by atoms with Crippen molar-refractivity contribution in [2.24, 2.45) is 17.3 Å². The highest BCUT2D eigenvalue weighted by molar-refractivity contribution is 9.12. The first-order valence-electron chi connectivity index (χ1n) is 10.7. The van der Waals surface area contributed by atoms with E-state index in [1.165, 1.54) is 0 Å². The molecule has 0 aliphatic heterocycles. The maximum atomic E-state index is 12.9. The second kappa shape index (κ2) is 10.7. The van der Waals surface area contributed by atoms with Gasteiger partial charge in [-0.05, 0) is 57.9 Å². The first kappa shape index (κ1) is 24.5. The van der Waals surface area contributed by atoms with Gasteiger partial charge in [-0.1, -0.05) is 57.2 Å². The molecule has 0 spiro atoms. The van der Waals surface area contributed by atoms with Gasteiger partial charge >= 0.3 is 11.9 Å². The minimum absolute atomic E-state index is 0.208. The smallest absolute Gasteiger partial charge is 0.344 e. The average molecular weight is 512 g/mol. The van der Waals surface area contributed by atoms with Crippen molar-refractivity contribution in [3.05, 3.63) is 70.7 Å². The Kier molecular flexibility index (Phi) is 7.93. The molecule has 2 aromatic carbocycles. The van der Waals surface area contributed by atoms with Gasteiger partial charge in [0.2, 0.25) is 6.10 Å². The third-order valence-electron chi connectivity index (χ3n) is 5.61. The quantitative estimate of drug-likeness (QED) is 0.299. The van der Waals surface area contributed by atoms with Crippen LogP contribution in [0.1, 0.15) is 38.9 Å². The molecule has 1 saturated carbocycles. The number of benzene rings is 2. The van der Waals surface area contributed by atoms with Crippen molar-refractivity contribution < 1.29 is 23.8 Å². The van der Waals surface area contributed by atoms with Gasteiger partial charge in [-0.3, -0.25) is 4.79 Å². The summed E-state index contributed by atoms with van der Waals surface area (Å²) in [5.74, 6) is -0.417. The number of carbonyl (C=O) groups excluding carboxylic acids is 2. The standard InChI is InChI=1S/C26H26BrNO5/c1-4-13-31-24(29)21(27)15-20-23(26(20,2)3)25(30)33-22(16-28)17-9-8-12-19(14-17)32-18-10-6-5-7-11-18/h5-12,14-15,20,22-23H,4,13H2,1-3H3/b21-15+/t20-,22+,23-/m0/s1. The van der Waals surface area contributed by atoms with Crippen LogP contribution in [0.2, 0.25) is 0 Å². The van der Waals surface area contributed by atoms with Crippen molar-refractivity contribution in [3.8, 4) is 17.6 Å². The van der Waals surface area contributed by atoms with E-state index >= 15 is 0 Å². The molecule has 2 aromatic rings. The predicted octanol–water partition coefficient (Wildman–Crippen LogP) is 6.09. The molecule has 0 amide bonds. The molecule has 0 saturated heterocycles. The number of hydrogen-bond acceptors (Lipinski definition) is 6. The van der Waals surface area contributed by atoms with Crippen LogP contribution in [0.5, 0.6) is 11.5 Å². The highest BCUT2D eigenvalue weighted by Crippen LogP contribution is 2.60. The number of halogens is 1. The van der Waals surface area contributed by atoms with Crippen molar-refractivity contribution in [1.82, 2.24) is 0 Å². The number of nitriles is 1. The van der Waals surface area contributed by atoms with E-state index in [2.05, 4.69) is 15.9 Å². The third kappa shape index (κ3) is 6.02. The molecule has 33 heavy (non-hydrogen) atoms. The molecule has 172 valence electrons. The van der Waals surface area contributed by atoms with Crippen LogP contribution in [0.25, 0.3) is 0 Å². The number of allylic oxidation sites excluding steroid dienone is 1. The Balaban J connectivity index is 1.68. The zero-order valence-corrected chi connectivity index (χ0v) is 20.4. The Hall–Kier alpha value is -3.11. The van der Waals surface area contributed by atoms with E-state index in [0.717, 1.165) is 6.42 Å². The summed E-state index contributed by atoms with van der Waals surface area (Å²) < 4.78 is 16.8. The van der Waals surface area contributed by atoms with Crippen molar-refractivity contribution >= 4 is 27.9 Å². The van der Waals surface area contributed by atoms with E-state index in [-0.39, 0.29) is 10.4 Å². The van der Waals surface area contributed by atoms with Gasteiger partial charge in [0.15, 0.2) is 0 Å². The molecule has 0 heterocycles. The van der Waals surface area contributed by atoms with E-state index in [1.807, 2.05) is 57.2 Å². The fraction of sp³-hybridized carbons (Fsp3) is 0.346. The lowest BCUT2D eigenvalue weighted by Gasteiger charge is -2.13. The molecule has 1 fully saturated rings. The molecule has 0 aromatic heterocycles. The number of rotatable bonds is 9. The number of para-hydroxylation sites is 1. The zero-order chi connectivity index (χ0) is 24.0. The van der Waals surface area contributed by atoms with Gasteiger partial charge in [-0.25, -0.2) is 4.79 Å². The van der Waals surface area contributed by atoms with Gasteiger partial charge in [0.25, 0.3) is 0 Å². The Morgan fingerprint density at radius 1 is 1.15 bits per heavy atom. The van der Waals surface area contributed by atoms with Gasteiger partial charge in [-0.2, -0.15) is 5.26 Å². The zero-order valence-electron chi connectivity index (χ0n) is 18.8. The fourth-order valence-electron chi connectivity index (χ4n) is 3.65. The van der Waals surface area contributed by atoms with Crippen LogP contribution < -0.4 is 4.74 Å². The predicted molar refractivity (Wildman–Crippen MR) is 126 cm³/mol. The van der Waals surface area contributed by atoms with E-state index in [1.54, 1.807) is 30.3 Å². The fourth-order valence-corrected chi connectivity index (χ4v) is 4.05. The van der Waals surface area contributed by atoms with E-state index in [9.17, 15) is 14.9 Å². The molecular weight excluding hydrogens is 486 g/mol. The third-order valence-corrected chi connectivity index (χ3v) is 6.20. The topological polar surface area (TPSA) is 85.6 Å². The SMILES string of the molecule is CCCOC(=O)/C(Br)=C\[C@H]1[C@@H](C(=O)O[C@H](C#N)c2cccc(Oc3ccccc3)c2)C1(C)C. The van der Waals surface area contributed by atoms with Crippen LogP contribution in [-0.2, 0) is 19.1 Å². The summed E-state index contributed by atoms with van der Waals surface area (Å²) in [5, 5.41) is 9.66. The highest BCUT2D eigenvalue weighted by Gasteiger charge is 2.62. The first-order valence-corrected chi connectivity index (χ1v) is 11.5. The molecule has 6 nitrogen and oxygen atoms in total. The maximum Gasteiger partial charge on any atom is 0.344 e. The van der Waals surface area contributed by atoms with Gasteiger partial charge in [0.1, 0.15) is 17.6 Å². The van der Waals surface area contributed by atoms with Crippen molar-refractivity contribution in [2.75, 3.05) is 6.61 Å². The van der Waals surface area contributed by atoms with E-state index < -0.39 is 29.4 Å². The molecule has 0 unspecified atom stereocenters. The second-order valence-electron chi connectivity index (χ2n) is 8.41. The van der Waals surface area contributed by atoms with Crippen molar-refractivity contribution in [3.63, 3.8) is 0 Å². The van der Waals surface area contributed by atoms with Gasteiger partial charge < -0.3 is 14.2 Å². The molecule has 0 radical (unpaired) electrons. The van der Waals surface area contributed by atoms with E-state index in [4.69, 9.17) is 14.2 Å². The maximum absolute atomic E-state index is 12.9. The van der Waals surface area contributed by atoms with Crippen LogP contribution in [0, 0.1) is 28.6 Å². The Morgan fingerprint density at radius 2 is 1.85 bits per heavy atom. The van der Waals surface area contributed by atoms with Gasteiger partial charge in [-0.15, -0.1) is 0 Å². The Morgan fingerprint density at radius 3 is 2.52 bits per heavy atom. The normalized spacial score (nSPS) is 19.7. The minimum Gasteiger partial charge on any atom is -0.462 e. The number of carbonyl (C=O) groups is 2. The van der Waals surface area contributed by atoms with E-state index in [0.29, 0.717) is 23.7 Å². The second-order valence-corrected chi connectivity index (χ2v) is 9.26. The van der Waals surface area contributed by atoms with Crippen LogP contribution in [0.15, 0.2) is 65.2 Å². The van der Waals surface area contributed by atoms with Crippen LogP contribution in [-0.4, -0.2) is 18.5 Å². The molecule has 3 atom stereocenters. The lowest BCUT2D eigenvalue weighted by atomic mass is 10.1. The molecule has 3 rings (SSSR count). The minimum atomic E-state index is -1.07. The summed E-state index contributed by atoms with van der Waals surface area (Å²) in [5.41, 5.74) is 0.119. The van der Waals surface area contributed by atoms with Crippen molar-refractivity contribution in [2.45, 2.75) is 33.3 Å². The lowest BCUT2D eigenvalue weighted by molar-refractivity contribution is -0.149. The lowest BCUT2D eigenvalue weighted by Crippen LogP contribution is -2.14. The molecule has 1 aliphatic carbocycles. The summed E-state index contributed by atoms with van der Waals surface area (Å²) in [4.78, 5) is 24.9. The number of ether oxygens (including phenoxy) is 3. The Labute approximate surface area is 202 Å². The summed E-state index contributed by atoms with van der Waals surface area (Å²) in [6, 6.07) is 18.2. The van der Waals surface area contributed by atoms with Crippen LogP contribution in [0.4, 0.5) is 0 Å². The largest absolute Gasteiger partial charge is 0.462 e. The van der Waals surface area contributed by atoms with Crippen LogP contribution in [0.3, 0.4) is 0 Å².